The number of ether oxygens (including phenoxy) is 1. The molecule has 2 aromatic rings. The Kier molecular flexibility index (Phi) is 5.61. The molecule has 1 aliphatic rings. The molecule has 6 nitrogen and oxygen atoms in total. The molecule has 0 saturated heterocycles. The van der Waals surface area contributed by atoms with E-state index in [1.165, 1.54) is 17.1 Å². The molecular weight excluding hydrogens is 373 g/mol. The molecule has 3 rings (SSSR count). The molecule has 0 aliphatic carbocycles. The molecule has 27 heavy (non-hydrogen) atoms. The van der Waals surface area contributed by atoms with Gasteiger partial charge in [0, 0.05) is 11.4 Å². The van der Waals surface area contributed by atoms with E-state index in [-0.39, 0.29) is 29.6 Å². The van der Waals surface area contributed by atoms with Crippen LogP contribution in [0.5, 0.6) is 5.75 Å². The number of nitrogens with one attached hydrogen (secondary N) is 2. The van der Waals surface area contributed by atoms with Gasteiger partial charge in [-0.05, 0) is 54.1 Å². The Morgan fingerprint density at radius 3 is 2.70 bits per heavy atom. The monoisotopic (exact) mass is 389 g/mol. The molecule has 2 aromatic carbocycles. The lowest BCUT2D eigenvalue weighted by Crippen LogP contribution is -2.48. The highest BCUT2D eigenvalue weighted by Gasteiger charge is 2.22. The third-order valence-corrected chi connectivity index (χ3v) is 4.18. The van der Waals surface area contributed by atoms with Crippen LogP contribution in [0.1, 0.15) is 12.0 Å². The first-order valence-corrected chi connectivity index (χ1v) is 8.50. The van der Waals surface area contributed by atoms with Crippen molar-refractivity contribution in [3.05, 3.63) is 64.9 Å². The Balaban J connectivity index is 1.66. The average Bonchev–Trinajstić information content (AvgIpc) is 2.66. The number of nitrogens with zero attached hydrogens (tertiary/aromatic N) is 1. The van der Waals surface area contributed by atoms with Gasteiger partial charge >= 0.3 is 0 Å². The molecule has 2 N–H and O–H groups in total. The first-order valence-electron chi connectivity index (χ1n) is 8.13. The van der Waals surface area contributed by atoms with Gasteiger partial charge in [-0.3, -0.25) is 15.0 Å². The van der Waals surface area contributed by atoms with Crippen LogP contribution in [0.25, 0.3) is 5.70 Å². The summed E-state index contributed by atoms with van der Waals surface area (Å²) in [6.07, 6.45) is 1.90. The van der Waals surface area contributed by atoms with Crippen LogP contribution in [-0.4, -0.2) is 30.5 Å². The summed E-state index contributed by atoms with van der Waals surface area (Å²) in [5, 5.41) is 3.86. The summed E-state index contributed by atoms with van der Waals surface area (Å²) in [6, 6.07) is 11.2. The van der Waals surface area contributed by atoms with Crippen LogP contribution in [0.4, 0.5) is 10.1 Å². The summed E-state index contributed by atoms with van der Waals surface area (Å²) in [4.78, 5) is 24.3. The van der Waals surface area contributed by atoms with Crippen LogP contribution in [0.15, 0.2) is 48.5 Å². The van der Waals surface area contributed by atoms with E-state index in [0.717, 1.165) is 11.6 Å². The van der Waals surface area contributed by atoms with Crippen molar-refractivity contribution in [2.24, 2.45) is 0 Å². The third kappa shape index (κ3) is 4.57. The van der Waals surface area contributed by atoms with Crippen molar-refractivity contribution in [1.29, 1.82) is 0 Å². The number of rotatable bonds is 5. The minimum absolute atomic E-state index is 0.000205. The molecule has 0 spiro atoms. The van der Waals surface area contributed by atoms with Crippen LogP contribution < -0.4 is 15.5 Å². The molecule has 0 fully saturated rings. The van der Waals surface area contributed by atoms with Gasteiger partial charge < -0.3 is 10.1 Å². The quantitative estimate of drug-likeness (QED) is 0.823. The minimum Gasteiger partial charge on any atom is -0.497 e. The zero-order valence-corrected chi connectivity index (χ0v) is 15.2. The predicted octanol–water partition coefficient (Wildman–Crippen LogP) is 3.20. The SMILES string of the molecule is COc1ccc(C2=CCC(=O)N(CC(=O)Nc3ccc(Cl)cc3F)N2)cc1. The van der Waals surface area contributed by atoms with Gasteiger partial charge in [0.05, 0.1) is 18.5 Å². The molecule has 0 atom stereocenters. The number of methoxy groups -OCH3 is 1. The smallest absolute Gasteiger partial charge is 0.246 e. The van der Waals surface area contributed by atoms with E-state index in [1.807, 2.05) is 12.1 Å². The average molecular weight is 390 g/mol. The fraction of sp³-hybridized carbons (Fsp3) is 0.158. The zero-order valence-electron chi connectivity index (χ0n) is 14.5. The summed E-state index contributed by atoms with van der Waals surface area (Å²) in [7, 11) is 1.58. The molecular formula is C19H17ClFN3O3. The van der Waals surface area contributed by atoms with Crippen LogP contribution in [0.2, 0.25) is 5.02 Å². The van der Waals surface area contributed by atoms with Crippen molar-refractivity contribution in [3.63, 3.8) is 0 Å². The summed E-state index contributed by atoms with van der Waals surface area (Å²) < 4.78 is 18.9. The molecule has 0 radical (unpaired) electrons. The Morgan fingerprint density at radius 1 is 1.30 bits per heavy atom. The number of benzene rings is 2. The molecule has 0 saturated carbocycles. The molecule has 8 heteroatoms. The van der Waals surface area contributed by atoms with E-state index in [4.69, 9.17) is 16.3 Å². The zero-order chi connectivity index (χ0) is 19.4. The Morgan fingerprint density at radius 2 is 2.04 bits per heavy atom. The normalized spacial score (nSPS) is 13.7. The van der Waals surface area contributed by atoms with Crippen molar-refractivity contribution in [2.45, 2.75) is 6.42 Å². The fourth-order valence-corrected chi connectivity index (χ4v) is 2.72. The number of hydrogen-bond donors (Lipinski definition) is 2. The van der Waals surface area contributed by atoms with Gasteiger partial charge in [0.25, 0.3) is 0 Å². The van der Waals surface area contributed by atoms with Crippen molar-refractivity contribution in [3.8, 4) is 5.75 Å². The molecule has 0 unspecified atom stereocenters. The number of hydrazine groups is 1. The Bertz CT molecular complexity index is 900. The second-order valence-electron chi connectivity index (χ2n) is 5.81. The number of carbonyl (C=O) groups excluding carboxylic acids is 2. The maximum atomic E-state index is 13.8. The van der Waals surface area contributed by atoms with E-state index in [9.17, 15) is 14.0 Å². The summed E-state index contributed by atoms with van der Waals surface area (Å²) in [5.41, 5.74) is 4.47. The standard InChI is InChI=1S/C19H17ClFN3O3/c1-27-14-5-2-12(3-6-14)16-8-9-19(26)24(23-16)11-18(25)22-17-7-4-13(20)10-15(17)21/h2-8,10,23H,9,11H2,1H3,(H,22,25). The van der Waals surface area contributed by atoms with Gasteiger partial charge in [0.2, 0.25) is 11.8 Å². The highest BCUT2D eigenvalue weighted by Crippen LogP contribution is 2.21. The Hall–Kier alpha value is -3.06. The number of hydrogen-bond acceptors (Lipinski definition) is 4. The van der Waals surface area contributed by atoms with Gasteiger partial charge in [0.1, 0.15) is 18.1 Å². The molecule has 0 bridgehead atoms. The van der Waals surface area contributed by atoms with Crippen LogP contribution >= 0.6 is 11.6 Å². The topological polar surface area (TPSA) is 70.7 Å². The van der Waals surface area contributed by atoms with E-state index in [2.05, 4.69) is 10.7 Å². The van der Waals surface area contributed by atoms with Crippen molar-refractivity contribution >= 4 is 34.8 Å². The second kappa shape index (κ2) is 8.09. The first kappa shape index (κ1) is 18.7. The molecule has 0 aromatic heterocycles. The maximum Gasteiger partial charge on any atom is 0.246 e. The number of anilines is 1. The minimum atomic E-state index is -0.646. The number of halogens is 2. The van der Waals surface area contributed by atoms with Crippen molar-refractivity contribution in [2.75, 3.05) is 19.0 Å². The van der Waals surface area contributed by atoms with Gasteiger partial charge in [0.15, 0.2) is 0 Å². The van der Waals surface area contributed by atoms with E-state index >= 15 is 0 Å². The molecule has 1 aliphatic heterocycles. The van der Waals surface area contributed by atoms with Crippen molar-refractivity contribution < 1.29 is 18.7 Å². The van der Waals surface area contributed by atoms with Gasteiger partial charge in [-0.2, -0.15) is 0 Å². The lowest BCUT2D eigenvalue weighted by atomic mass is 10.1. The lowest BCUT2D eigenvalue weighted by Gasteiger charge is -2.29. The van der Waals surface area contributed by atoms with Crippen LogP contribution in [0.3, 0.4) is 0 Å². The van der Waals surface area contributed by atoms with Gasteiger partial charge in [-0.1, -0.05) is 11.6 Å². The summed E-state index contributed by atoms with van der Waals surface area (Å²) in [6.45, 7) is -0.269. The Labute approximate surface area is 160 Å². The summed E-state index contributed by atoms with van der Waals surface area (Å²) in [5.74, 6) is -0.730. The van der Waals surface area contributed by atoms with Gasteiger partial charge in [-0.25, -0.2) is 9.40 Å². The van der Waals surface area contributed by atoms with Crippen LogP contribution in [0, 0.1) is 5.82 Å². The molecule has 2 amide bonds. The number of amides is 2. The van der Waals surface area contributed by atoms with Crippen LogP contribution in [-0.2, 0) is 9.59 Å². The first-order chi connectivity index (χ1) is 13.0. The molecule has 140 valence electrons. The fourth-order valence-electron chi connectivity index (χ4n) is 2.56. The predicted molar refractivity (Wildman–Crippen MR) is 100 cm³/mol. The maximum absolute atomic E-state index is 13.8. The van der Waals surface area contributed by atoms with Gasteiger partial charge in [-0.15, -0.1) is 0 Å². The highest BCUT2D eigenvalue weighted by atomic mass is 35.5. The third-order valence-electron chi connectivity index (χ3n) is 3.95. The summed E-state index contributed by atoms with van der Waals surface area (Å²) >= 11 is 5.69. The lowest BCUT2D eigenvalue weighted by molar-refractivity contribution is -0.136. The largest absolute Gasteiger partial charge is 0.497 e. The van der Waals surface area contributed by atoms with E-state index in [1.54, 1.807) is 25.3 Å². The van der Waals surface area contributed by atoms with Crippen molar-refractivity contribution in [1.82, 2.24) is 10.4 Å². The highest BCUT2D eigenvalue weighted by molar-refractivity contribution is 6.30. The van der Waals surface area contributed by atoms with E-state index < -0.39 is 11.7 Å². The van der Waals surface area contributed by atoms with E-state index in [0.29, 0.717) is 11.4 Å². The molecule has 1 heterocycles. The number of carbonyl (C=O) groups is 2. The second-order valence-corrected chi connectivity index (χ2v) is 6.25.